The Morgan fingerprint density at radius 3 is 2.62 bits per heavy atom. The lowest BCUT2D eigenvalue weighted by Gasteiger charge is -2.09. The normalized spacial score (nSPS) is 15.9. The zero-order valence-electron chi connectivity index (χ0n) is 17.3. The minimum absolute atomic E-state index is 0.318. The molecule has 0 saturated carbocycles. The molecule has 32 heavy (non-hydrogen) atoms. The van der Waals surface area contributed by atoms with Gasteiger partial charge in [0.1, 0.15) is 17.3 Å². The molecule has 0 fully saturated rings. The van der Waals surface area contributed by atoms with Gasteiger partial charge in [-0.15, -0.1) is 13.2 Å². The predicted molar refractivity (Wildman–Crippen MR) is 108 cm³/mol. The number of rotatable bonds is 7. The van der Waals surface area contributed by atoms with E-state index >= 15 is 0 Å². The van der Waals surface area contributed by atoms with Crippen molar-refractivity contribution >= 4 is 5.84 Å². The minimum Gasteiger partial charge on any atom is -0.494 e. The van der Waals surface area contributed by atoms with Gasteiger partial charge in [-0.3, -0.25) is 0 Å². The number of nitrogens with zero attached hydrogens (tertiary/aromatic N) is 4. The number of ether oxygens (including phenoxy) is 2. The van der Waals surface area contributed by atoms with Gasteiger partial charge in [0.15, 0.2) is 5.84 Å². The summed E-state index contributed by atoms with van der Waals surface area (Å²) in [6.07, 6.45) is -5.53. The van der Waals surface area contributed by atoms with Gasteiger partial charge in [-0.25, -0.2) is 25.0 Å². The number of amidine groups is 1. The van der Waals surface area contributed by atoms with Gasteiger partial charge in [-0.1, -0.05) is 12.1 Å². The van der Waals surface area contributed by atoms with Gasteiger partial charge in [-0.2, -0.15) is 5.10 Å². The van der Waals surface area contributed by atoms with Gasteiger partial charge in [0.25, 0.3) is 0 Å². The van der Waals surface area contributed by atoms with Crippen LogP contribution in [0.15, 0.2) is 53.5 Å². The van der Waals surface area contributed by atoms with Crippen LogP contribution in [0, 0.1) is 6.92 Å². The summed E-state index contributed by atoms with van der Waals surface area (Å²) in [4.78, 5) is 14.3. The van der Waals surface area contributed by atoms with Gasteiger partial charge in [0.05, 0.1) is 13.2 Å². The Bertz CT molecular complexity index is 1110. The molecule has 0 amide bonds. The van der Waals surface area contributed by atoms with Gasteiger partial charge in [0, 0.05) is 5.56 Å². The zero-order chi connectivity index (χ0) is 22.7. The maximum absolute atomic E-state index is 12.3. The molecule has 0 bridgehead atoms. The number of benzene rings is 2. The van der Waals surface area contributed by atoms with Gasteiger partial charge < -0.3 is 9.47 Å². The quantitative estimate of drug-likeness (QED) is 0.591. The first-order valence-corrected chi connectivity index (χ1v) is 9.79. The van der Waals surface area contributed by atoms with Crippen LogP contribution in [0.2, 0.25) is 0 Å². The Balaban J connectivity index is 1.47. The average molecular weight is 447 g/mol. The van der Waals surface area contributed by atoms with Crippen LogP contribution >= 0.6 is 0 Å². The molecule has 3 aromatic rings. The molecule has 0 radical (unpaired) electrons. The Labute approximate surface area is 181 Å². The second-order valence-corrected chi connectivity index (χ2v) is 6.88. The smallest absolute Gasteiger partial charge is 0.494 e. The number of hydrogen-bond acceptors (Lipinski definition) is 7. The van der Waals surface area contributed by atoms with Crippen molar-refractivity contribution in [1.82, 2.24) is 20.2 Å². The third kappa shape index (κ3) is 5.17. The van der Waals surface area contributed by atoms with Crippen molar-refractivity contribution in [2.45, 2.75) is 33.0 Å². The summed E-state index contributed by atoms with van der Waals surface area (Å²) in [5, 5.41) is 4.49. The van der Waals surface area contributed by atoms with Crippen LogP contribution in [0.4, 0.5) is 13.2 Å². The van der Waals surface area contributed by atoms with E-state index in [1.54, 1.807) is 4.68 Å². The monoisotopic (exact) mass is 447 g/mol. The molecule has 11 heteroatoms. The van der Waals surface area contributed by atoms with E-state index in [2.05, 4.69) is 25.3 Å². The molecule has 1 atom stereocenters. The third-order valence-corrected chi connectivity index (χ3v) is 4.51. The second kappa shape index (κ2) is 8.87. The van der Waals surface area contributed by atoms with Gasteiger partial charge in [-0.05, 0) is 55.8 Å². The molecule has 1 aromatic heterocycles. The molecule has 4 rings (SSSR count). The Kier molecular flexibility index (Phi) is 5.99. The first kappa shape index (κ1) is 21.6. The molecule has 1 N–H and O–H groups in total. The molecular weight excluding hydrogens is 427 g/mol. The average Bonchev–Trinajstić information content (AvgIpc) is 3.35. The molecule has 1 unspecified atom stereocenters. The van der Waals surface area contributed by atoms with E-state index in [1.165, 1.54) is 24.3 Å². The molecule has 168 valence electrons. The van der Waals surface area contributed by atoms with E-state index in [-0.39, 0.29) is 5.75 Å². The minimum atomic E-state index is -4.74. The molecule has 2 aromatic carbocycles. The lowest BCUT2D eigenvalue weighted by atomic mass is 10.2. The van der Waals surface area contributed by atoms with Crippen molar-refractivity contribution in [3.63, 3.8) is 0 Å². The van der Waals surface area contributed by atoms with E-state index in [1.807, 2.05) is 38.1 Å². The number of alkyl halides is 3. The highest BCUT2D eigenvalue weighted by Crippen LogP contribution is 2.25. The molecule has 1 aliphatic heterocycles. The summed E-state index contributed by atoms with van der Waals surface area (Å²) in [7, 11) is 0. The molecule has 0 spiro atoms. The predicted octanol–water partition coefficient (Wildman–Crippen LogP) is 3.91. The van der Waals surface area contributed by atoms with Crippen molar-refractivity contribution in [3.05, 3.63) is 71.3 Å². The Hall–Kier alpha value is -3.60. The Morgan fingerprint density at radius 2 is 1.91 bits per heavy atom. The highest BCUT2D eigenvalue weighted by molar-refractivity contribution is 5.98. The first-order valence-electron chi connectivity index (χ1n) is 9.79. The van der Waals surface area contributed by atoms with Gasteiger partial charge in [0.2, 0.25) is 12.1 Å². The lowest BCUT2D eigenvalue weighted by molar-refractivity contribution is -0.274. The topological polar surface area (TPSA) is 82.8 Å². The van der Waals surface area contributed by atoms with Crippen molar-refractivity contribution in [2.75, 3.05) is 6.61 Å². The van der Waals surface area contributed by atoms with E-state index in [4.69, 9.17) is 9.57 Å². The lowest BCUT2D eigenvalue weighted by Crippen LogP contribution is -2.19. The van der Waals surface area contributed by atoms with Crippen molar-refractivity contribution < 1.29 is 27.5 Å². The first-order chi connectivity index (χ1) is 15.3. The largest absolute Gasteiger partial charge is 0.573 e. The number of hydrogen-bond donors (Lipinski definition) is 1. The fraction of sp³-hybridized carbons (Fsp3) is 0.286. The summed E-state index contributed by atoms with van der Waals surface area (Å²) in [5.41, 5.74) is 4.21. The standard InChI is InChI=1S/C21H20F3N5O3/c1-3-30-17-6-4-5-14(11-17)12-29-13(2)25-19(27-29)20-26-18(28-32-20)15-7-9-16(10-8-15)31-21(22,23)24/h4-11,20H,3,12H2,1-2H3,(H,26,28). The van der Waals surface area contributed by atoms with Crippen LogP contribution in [0.3, 0.4) is 0 Å². The fourth-order valence-corrected chi connectivity index (χ4v) is 3.11. The van der Waals surface area contributed by atoms with Crippen LogP contribution in [-0.4, -0.2) is 33.6 Å². The van der Waals surface area contributed by atoms with Crippen LogP contribution < -0.4 is 15.0 Å². The molecule has 8 nitrogen and oxygen atoms in total. The third-order valence-electron chi connectivity index (χ3n) is 4.51. The summed E-state index contributed by atoms with van der Waals surface area (Å²) < 4.78 is 48.1. The second-order valence-electron chi connectivity index (χ2n) is 6.88. The summed E-state index contributed by atoms with van der Waals surface area (Å²) >= 11 is 0. The summed E-state index contributed by atoms with van der Waals surface area (Å²) in [5.74, 6) is 1.87. The van der Waals surface area contributed by atoms with Crippen molar-refractivity contribution in [2.24, 2.45) is 4.99 Å². The number of halogens is 3. The highest BCUT2D eigenvalue weighted by atomic mass is 19.4. The van der Waals surface area contributed by atoms with E-state index in [0.29, 0.717) is 36.2 Å². The number of aromatic nitrogens is 3. The molecule has 0 aliphatic carbocycles. The number of nitrogens with one attached hydrogen (secondary N) is 1. The molecular formula is C21H20F3N5O3. The van der Waals surface area contributed by atoms with Crippen LogP contribution in [0.1, 0.15) is 35.9 Å². The molecule has 0 saturated heterocycles. The van der Waals surface area contributed by atoms with Crippen molar-refractivity contribution in [1.29, 1.82) is 0 Å². The number of aliphatic imine (C=N–C) groups is 1. The Morgan fingerprint density at radius 1 is 1.12 bits per heavy atom. The summed E-state index contributed by atoms with van der Waals surface area (Å²) in [6.45, 7) is 4.84. The van der Waals surface area contributed by atoms with Crippen LogP contribution in [0.25, 0.3) is 0 Å². The summed E-state index contributed by atoms with van der Waals surface area (Å²) in [6, 6.07) is 13.0. The fourth-order valence-electron chi connectivity index (χ4n) is 3.11. The van der Waals surface area contributed by atoms with Crippen LogP contribution in [0.5, 0.6) is 11.5 Å². The number of aryl methyl sites for hydroxylation is 1. The maximum atomic E-state index is 12.3. The SMILES string of the molecule is CCOc1cccc(Cn2nc(C3N=C(c4ccc(OC(F)(F)F)cc4)NO3)nc2C)c1. The van der Waals surface area contributed by atoms with Crippen molar-refractivity contribution in [3.8, 4) is 11.5 Å². The van der Waals surface area contributed by atoms with E-state index < -0.39 is 12.6 Å². The molecule has 1 aliphatic rings. The van der Waals surface area contributed by atoms with E-state index in [9.17, 15) is 13.2 Å². The highest BCUT2D eigenvalue weighted by Gasteiger charge is 2.31. The maximum Gasteiger partial charge on any atom is 0.573 e. The van der Waals surface area contributed by atoms with Gasteiger partial charge >= 0.3 is 6.36 Å². The van der Waals surface area contributed by atoms with E-state index in [0.717, 1.165) is 11.3 Å². The van der Waals surface area contributed by atoms with Crippen LogP contribution in [-0.2, 0) is 11.4 Å². The molecule has 2 heterocycles. The zero-order valence-corrected chi connectivity index (χ0v) is 17.3. The number of hydroxylamine groups is 1.